The molecule has 0 spiro atoms. The monoisotopic (exact) mass is 699 g/mol. The van der Waals surface area contributed by atoms with Crippen LogP contribution in [0.15, 0.2) is 176 Å². The normalized spacial score (nSPS) is 11.6. The van der Waals surface area contributed by atoms with Gasteiger partial charge in [0.15, 0.2) is 0 Å². The quantitative estimate of drug-likeness (QED) is 0.184. The van der Waals surface area contributed by atoms with Crippen molar-refractivity contribution >= 4 is 65.4 Å². The fraction of sp³-hybridized carbons (Fsp3) is 0. The van der Waals surface area contributed by atoms with Crippen molar-refractivity contribution < 1.29 is 0 Å². The Balaban J connectivity index is 1.07. The number of nitrogens with zero attached hydrogens (tertiary/aromatic N) is 5. The molecule has 0 radical (unpaired) electrons. The van der Waals surface area contributed by atoms with Crippen molar-refractivity contribution in [1.82, 2.24) is 13.7 Å². The molecule has 0 saturated carbocycles. The SMILES string of the molecule is N#Cc1ccc2c3ccccc3n(-c3ccc(-c4cccc(-n5c6ccccc6c6cc(-n7c8ccccc8c8ccccc87)ccc65)c4C#N)cc3)c2c1. The van der Waals surface area contributed by atoms with Gasteiger partial charge in [-0.3, -0.25) is 0 Å². The summed E-state index contributed by atoms with van der Waals surface area (Å²) in [6.07, 6.45) is 0. The van der Waals surface area contributed by atoms with Crippen molar-refractivity contribution in [3.8, 4) is 40.3 Å². The lowest BCUT2D eigenvalue weighted by Crippen LogP contribution is -2.00. The van der Waals surface area contributed by atoms with E-state index in [9.17, 15) is 10.5 Å². The average Bonchev–Trinajstić information content (AvgIpc) is 3.88. The molecule has 0 saturated heterocycles. The van der Waals surface area contributed by atoms with Crippen molar-refractivity contribution in [2.45, 2.75) is 0 Å². The Bertz CT molecular complexity index is 3400. The van der Waals surface area contributed by atoms with E-state index in [1.165, 1.54) is 21.8 Å². The van der Waals surface area contributed by atoms with Gasteiger partial charge < -0.3 is 13.7 Å². The first-order valence-electron chi connectivity index (χ1n) is 18.3. The van der Waals surface area contributed by atoms with Gasteiger partial charge in [-0.2, -0.15) is 10.5 Å². The number of benzene rings is 8. The summed E-state index contributed by atoms with van der Waals surface area (Å²) >= 11 is 0. The van der Waals surface area contributed by atoms with Gasteiger partial charge >= 0.3 is 0 Å². The van der Waals surface area contributed by atoms with Crippen LogP contribution in [-0.2, 0) is 0 Å². The molecule has 0 aliphatic heterocycles. The second-order valence-electron chi connectivity index (χ2n) is 14.0. The van der Waals surface area contributed by atoms with Crippen LogP contribution >= 0.6 is 0 Å². The van der Waals surface area contributed by atoms with Crippen LogP contribution in [0.1, 0.15) is 11.1 Å². The van der Waals surface area contributed by atoms with E-state index in [4.69, 9.17) is 0 Å². The number of nitriles is 2. The van der Waals surface area contributed by atoms with E-state index in [2.05, 4.69) is 153 Å². The van der Waals surface area contributed by atoms with E-state index < -0.39 is 0 Å². The molecule has 5 heteroatoms. The minimum absolute atomic E-state index is 0.611. The lowest BCUT2D eigenvalue weighted by Gasteiger charge is -2.15. The minimum atomic E-state index is 0.611. The largest absolute Gasteiger partial charge is 0.309 e. The van der Waals surface area contributed by atoms with E-state index >= 15 is 0 Å². The van der Waals surface area contributed by atoms with Crippen LogP contribution in [0.2, 0.25) is 0 Å². The van der Waals surface area contributed by atoms with Gasteiger partial charge in [-0.1, -0.05) is 103 Å². The molecule has 0 unspecified atom stereocenters. The van der Waals surface area contributed by atoms with E-state index in [0.717, 1.165) is 71.8 Å². The molecule has 11 aromatic rings. The predicted molar refractivity (Wildman–Crippen MR) is 224 cm³/mol. The lowest BCUT2D eigenvalue weighted by atomic mass is 9.98. The first kappa shape index (κ1) is 30.7. The minimum Gasteiger partial charge on any atom is -0.309 e. The van der Waals surface area contributed by atoms with E-state index in [1.807, 2.05) is 48.5 Å². The topological polar surface area (TPSA) is 62.4 Å². The van der Waals surface area contributed by atoms with Crippen LogP contribution in [0.4, 0.5) is 0 Å². The Hall–Kier alpha value is -7.86. The number of aromatic nitrogens is 3. The molecule has 3 aromatic heterocycles. The third-order valence-corrected chi connectivity index (χ3v) is 11.1. The molecule has 0 bridgehead atoms. The van der Waals surface area contributed by atoms with Gasteiger partial charge in [0.1, 0.15) is 6.07 Å². The van der Waals surface area contributed by atoms with E-state index in [1.54, 1.807) is 0 Å². The van der Waals surface area contributed by atoms with Crippen LogP contribution in [-0.4, -0.2) is 13.7 Å². The zero-order valence-electron chi connectivity index (χ0n) is 29.5. The van der Waals surface area contributed by atoms with Gasteiger partial charge in [-0.25, -0.2) is 0 Å². The first-order valence-corrected chi connectivity index (χ1v) is 18.3. The molecule has 254 valence electrons. The standard InChI is InChI=1S/C50H29N5/c51-30-32-20-26-41-39-12-3-5-15-44(39)53(50(41)28-32)34-23-21-33(22-24-34)36-14-9-19-48(43(36)31-52)55-47-18-8-4-13-40(47)42-29-35(25-27-49(42)55)54-45-16-6-1-10-37(45)38-11-2-7-17-46(38)54/h1-29H. The van der Waals surface area contributed by atoms with E-state index in [-0.39, 0.29) is 0 Å². The van der Waals surface area contributed by atoms with Crippen molar-refractivity contribution in [2.75, 3.05) is 0 Å². The molecule has 3 heterocycles. The number of hydrogen-bond donors (Lipinski definition) is 0. The Kier molecular flexibility index (Phi) is 6.61. The summed E-state index contributed by atoms with van der Waals surface area (Å²) in [6.45, 7) is 0. The van der Waals surface area contributed by atoms with Crippen LogP contribution in [0, 0.1) is 22.7 Å². The Morgan fingerprint density at radius 1 is 0.345 bits per heavy atom. The maximum atomic E-state index is 10.9. The highest BCUT2D eigenvalue weighted by Gasteiger charge is 2.20. The Morgan fingerprint density at radius 2 is 0.855 bits per heavy atom. The van der Waals surface area contributed by atoms with Gasteiger partial charge in [-0.15, -0.1) is 0 Å². The maximum Gasteiger partial charge on any atom is 0.102 e. The van der Waals surface area contributed by atoms with Gasteiger partial charge in [-0.05, 0) is 78.4 Å². The van der Waals surface area contributed by atoms with Gasteiger partial charge in [0, 0.05) is 49.3 Å². The van der Waals surface area contributed by atoms with Crippen molar-refractivity contribution in [3.63, 3.8) is 0 Å². The van der Waals surface area contributed by atoms with Gasteiger partial charge in [0.05, 0.1) is 56.0 Å². The summed E-state index contributed by atoms with van der Waals surface area (Å²) in [5, 5.41) is 27.5. The zero-order chi connectivity index (χ0) is 36.6. The van der Waals surface area contributed by atoms with E-state index in [0.29, 0.717) is 11.1 Å². The first-order chi connectivity index (χ1) is 27.2. The summed E-state index contributed by atoms with van der Waals surface area (Å²) in [6, 6.07) is 65.9. The number of fused-ring (bicyclic) bond motifs is 9. The van der Waals surface area contributed by atoms with Crippen molar-refractivity contribution in [2.24, 2.45) is 0 Å². The lowest BCUT2D eigenvalue weighted by molar-refractivity contribution is 1.16. The second-order valence-corrected chi connectivity index (χ2v) is 14.0. The molecule has 55 heavy (non-hydrogen) atoms. The third-order valence-electron chi connectivity index (χ3n) is 11.1. The van der Waals surface area contributed by atoms with Gasteiger partial charge in [0.2, 0.25) is 0 Å². The average molecular weight is 700 g/mol. The molecule has 8 aromatic carbocycles. The third kappa shape index (κ3) is 4.45. The highest BCUT2D eigenvalue weighted by molar-refractivity contribution is 6.13. The summed E-state index contributed by atoms with van der Waals surface area (Å²) in [7, 11) is 0. The summed E-state index contributed by atoms with van der Waals surface area (Å²) in [4.78, 5) is 0. The number of rotatable bonds is 4. The molecule has 11 rings (SSSR count). The highest BCUT2D eigenvalue weighted by atomic mass is 15.0. The fourth-order valence-electron chi connectivity index (χ4n) is 8.75. The highest BCUT2D eigenvalue weighted by Crippen LogP contribution is 2.39. The van der Waals surface area contributed by atoms with Gasteiger partial charge in [0.25, 0.3) is 0 Å². The maximum absolute atomic E-state index is 10.9. The Labute approximate surface area is 316 Å². The number of hydrogen-bond acceptors (Lipinski definition) is 2. The number of para-hydroxylation sites is 4. The summed E-state index contributed by atoms with van der Waals surface area (Å²) in [5.41, 5.74) is 12.5. The van der Waals surface area contributed by atoms with Crippen LogP contribution < -0.4 is 0 Å². The molecule has 5 nitrogen and oxygen atoms in total. The molecule has 0 aliphatic carbocycles. The summed E-state index contributed by atoms with van der Waals surface area (Å²) < 4.78 is 6.80. The molecule has 0 atom stereocenters. The fourth-order valence-corrected chi connectivity index (χ4v) is 8.75. The van der Waals surface area contributed by atoms with Crippen LogP contribution in [0.5, 0.6) is 0 Å². The van der Waals surface area contributed by atoms with Crippen LogP contribution in [0.25, 0.3) is 93.6 Å². The molecular formula is C50H29N5. The molecular weight excluding hydrogens is 671 g/mol. The molecule has 0 amide bonds. The molecule has 0 fully saturated rings. The second kappa shape index (κ2) is 11.8. The molecule has 0 N–H and O–H groups in total. The smallest absolute Gasteiger partial charge is 0.102 e. The molecule has 0 aliphatic rings. The summed E-state index contributed by atoms with van der Waals surface area (Å²) in [5.74, 6) is 0. The Morgan fingerprint density at radius 3 is 1.45 bits per heavy atom. The van der Waals surface area contributed by atoms with Crippen molar-refractivity contribution in [3.05, 3.63) is 187 Å². The van der Waals surface area contributed by atoms with Crippen LogP contribution in [0.3, 0.4) is 0 Å². The van der Waals surface area contributed by atoms with Crippen molar-refractivity contribution in [1.29, 1.82) is 10.5 Å². The zero-order valence-corrected chi connectivity index (χ0v) is 29.5. The predicted octanol–water partition coefficient (Wildman–Crippen LogP) is 12.4.